The minimum Gasteiger partial charge on any atom is -0.378 e. The lowest BCUT2D eigenvalue weighted by molar-refractivity contribution is 0.181. The molecule has 0 aromatic carbocycles. The van der Waals surface area contributed by atoms with Crippen LogP contribution in [0.1, 0.15) is 16.3 Å². The lowest BCUT2D eigenvalue weighted by atomic mass is 10.3. The van der Waals surface area contributed by atoms with Crippen molar-refractivity contribution in [2.75, 3.05) is 14.2 Å². The summed E-state index contributed by atoms with van der Waals surface area (Å²) >= 11 is 1.67. The maximum Gasteiger partial charge on any atom is 0.142 e. The number of methoxy groups -OCH3 is 1. The van der Waals surface area contributed by atoms with E-state index in [4.69, 9.17) is 4.74 Å². The van der Waals surface area contributed by atoms with Gasteiger partial charge in [-0.2, -0.15) is 0 Å². The molecule has 0 atom stereocenters. The van der Waals surface area contributed by atoms with Gasteiger partial charge in [-0.15, -0.1) is 11.3 Å². The molecule has 2 aromatic rings. The van der Waals surface area contributed by atoms with Gasteiger partial charge < -0.3 is 10.1 Å². The van der Waals surface area contributed by atoms with Crippen LogP contribution in [0.2, 0.25) is 0 Å². The second kappa shape index (κ2) is 6.04. The predicted molar refractivity (Wildman–Crippen MR) is 73.6 cm³/mol. The number of pyridine rings is 1. The van der Waals surface area contributed by atoms with E-state index < -0.39 is 0 Å². The number of thiazole rings is 1. The molecule has 0 aliphatic heterocycles. The van der Waals surface area contributed by atoms with Crippen LogP contribution < -0.4 is 5.32 Å². The Labute approximate surface area is 111 Å². The molecular formula is C13H17N3OS. The van der Waals surface area contributed by atoms with E-state index in [1.165, 1.54) is 4.88 Å². The summed E-state index contributed by atoms with van der Waals surface area (Å²) in [5, 5.41) is 4.11. The number of rotatable bonds is 5. The van der Waals surface area contributed by atoms with E-state index in [-0.39, 0.29) is 0 Å². The minimum absolute atomic E-state index is 0.541. The monoisotopic (exact) mass is 263 g/mol. The van der Waals surface area contributed by atoms with Gasteiger partial charge in [0.05, 0.1) is 18.0 Å². The Morgan fingerprint density at radius 3 is 2.83 bits per heavy atom. The van der Waals surface area contributed by atoms with Crippen molar-refractivity contribution in [2.24, 2.45) is 0 Å². The molecule has 0 amide bonds. The zero-order valence-electron chi connectivity index (χ0n) is 10.9. The molecule has 1 N–H and O–H groups in total. The van der Waals surface area contributed by atoms with Gasteiger partial charge in [0.1, 0.15) is 5.01 Å². The first-order valence-electron chi connectivity index (χ1n) is 5.80. The quantitative estimate of drug-likeness (QED) is 0.899. The Kier molecular flexibility index (Phi) is 4.41. The van der Waals surface area contributed by atoms with E-state index in [1.54, 1.807) is 18.4 Å². The van der Waals surface area contributed by atoms with Crippen molar-refractivity contribution in [1.29, 1.82) is 0 Å². The molecule has 2 rings (SSSR count). The highest BCUT2D eigenvalue weighted by Crippen LogP contribution is 2.27. The van der Waals surface area contributed by atoms with E-state index in [2.05, 4.69) is 15.3 Å². The van der Waals surface area contributed by atoms with Crippen molar-refractivity contribution in [3.63, 3.8) is 0 Å². The fourth-order valence-electron chi connectivity index (χ4n) is 1.70. The highest BCUT2D eigenvalue weighted by molar-refractivity contribution is 7.15. The first kappa shape index (κ1) is 13.1. The fourth-order valence-corrected chi connectivity index (χ4v) is 2.75. The molecule has 0 radical (unpaired) electrons. The van der Waals surface area contributed by atoms with Crippen molar-refractivity contribution in [3.05, 3.63) is 34.5 Å². The van der Waals surface area contributed by atoms with Gasteiger partial charge in [0.2, 0.25) is 0 Å². The van der Waals surface area contributed by atoms with Gasteiger partial charge in [0.15, 0.2) is 0 Å². The van der Waals surface area contributed by atoms with Crippen molar-refractivity contribution >= 4 is 11.3 Å². The fraction of sp³-hybridized carbons (Fsp3) is 0.385. The average molecular weight is 263 g/mol. The lowest BCUT2D eigenvalue weighted by Crippen LogP contribution is -2.06. The van der Waals surface area contributed by atoms with Crippen molar-refractivity contribution < 1.29 is 4.74 Å². The highest BCUT2D eigenvalue weighted by atomic mass is 32.1. The molecule has 2 heterocycles. The summed E-state index contributed by atoms with van der Waals surface area (Å²) in [7, 11) is 3.62. The molecule has 4 nitrogen and oxygen atoms in total. The van der Waals surface area contributed by atoms with Crippen LogP contribution in [0.5, 0.6) is 0 Å². The molecule has 0 unspecified atom stereocenters. The SMILES string of the molecule is CNCc1sc(-c2cccc(C)n2)nc1COC. The van der Waals surface area contributed by atoms with E-state index in [0.29, 0.717) is 6.61 Å². The largest absolute Gasteiger partial charge is 0.378 e. The number of hydrogen-bond acceptors (Lipinski definition) is 5. The van der Waals surface area contributed by atoms with Crippen molar-refractivity contribution in [3.8, 4) is 10.7 Å². The topological polar surface area (TPSA) is 47.0 Å². The molecule has 18 heavy (non-hydrogen) atoms. The predicted octanol–water partition coefficient (Wildman–Crippen LogP) is 2.38. The van der Waals surface area contributed by atoms with E-state index in [0.717, 1.165) is 28.6 Å². The summed E-state index contributed by atoms with van der Waals surface area (Å²) in [5.41, 5.74) is 2.93. The number of aromatic nitrogens is 2. The summed E-state index contributed by atoms with van der Waals surface area (Å²) in [6.07, 6.45) is 0. The Hall–Kier alpha value is -1.30. The van der Waals surface area contributed by atoms with Crippen LogP contribution in [0, 0.1) is 6.92 Å². The maximum absolute atomic E-state index is 5.18. The molecule has 0 aliphatic carbocycles. The second-order valence-electron chi connectivity index (χ2n) is 4.02. The van der Waals surface area contributed by atoms with Gasteiger partial charge in [-0.05, 0) is 26.1 Å². The number of aryl methyl sites for hydroxylation is 1. The Morgan fingerprint density at radius 1 is 1.33 bits per heavy atom. The average Bonchev–Trinajstić information content (AvgIpc) is 2.74. The Morgan fingerprint density at radius 2 is 2.17 bits per heavy atom. The van der Waals surface area contributed by atoms with Crippen molar-refractivity contribution in [1.82, 2.24) is 15.3 Å². The van der Waals surface area contributed by atoms with Crippen LogP contribution in [0.3, 0.4) is 0 Å². The molecule has 0 spiro atoms. The zero-order chi connectivity index (χ0) is 13.0. The van der Waals surface area contributed by atoms with Gasteiger partial charge >= 0.3 is 0 Å². The molecule has 2 aromatic heterocycles. The van der Waals surface area contributed by atoms with Gasteiger partial charge in [-0.25, -0.2) is 4.98 Å². The van der Waals surface area contributed by atoms with E-state index in [9.17, 15) is 0 Å². The third-order valence-corrected chi connectivity index (χ3v) is 3.62. The third-order valence-electron chi connectivity index (χ3n) is 2.50. The number of hydrogen-bond donors (Lipinski definition) is 1. The molecule has 0 bridgehead atoms. The second-order valence-corrected chi connectivity index (χ2v) is 5.10. The molecule has 0 fully saturated rings. The van der Waals surface area contributed by atoms with Crippen LogP contribution in [0.4, 0.5) is 0 Å². The van der Waals surface area contributed by atoms with E-state index in [1.807, 2.05) is 32.2 Å². The van der Waals surface area contributed by atoms with Crippen LogP contribution in [0.25, 0.3) is 10.7 Å². The molecular weight excluding hydrogens is 246 g/mol. The van der Waals surface area contributed by atoms with Crippen LogP contribution in [0.15, 0.2) is 18.2 Å². The zero-order valence-corrected chi connectivity index (χ0v) is 11.7. The van der Waals surface area contributed by atoms with Gasteiger partial charge in [0.25, 0.3) is 0 Å². The van der Waals surface area contributed by atoms with Crippen LogP contribution in [-0.4, -0.2) is 24.1 Å². The molecule has 0 aliphatic rings. The van der Waals surface area contributed by atoms with Crippen molar-refractivity contribution in [2.45, 2.75) is 20.1 Å². The number of nitrogens with zero attached hydrogens (tertiary/aromatic N) is 2. The molecule has 96 valence electrons. The van der Waals surface area contributed by atoms with E-state index >= 15 is 0 Å². The Balaban J connectivity index is 2.36. The summed E-state index contributed by atoms with van der Waals surface area (Å²) in [6, 6.07) is 5.99. The molecule has 0 saturated heterocycles. The smallest absolute Gasteiger partial charge is 0.142 e. The maximum atomic E-state index is 5.18. The highest BCUT2D eigenvalue weighted by Gasteiger charge is 2.12. The van der Waals surface area contributed by atoms with Gasteiger partial charge in [-0.1, -0.05) is 6.07 Å². The Bertz CT molecular complexity index is 501. The van der Waals surface area contributed by atoms with Gasteiger partial charge in [0, 0.05) is 24.2 Å². The summed E-state index contributed by atoms with van der Waals surface area (Å²) in [4.78, 5) is 10.3. The standard InChI is InChI=1S/C13H17N3OS/c1-9-5-4-6-10(15-9)13-16-11(8-17-3)12(18-13)7-14-2/h4-6,14H,7-8H2,1-3H3. The molecule has 5 heteroatoms. The van der Waals surface area contributed by atoms with Crippen LogP contribution >= 0.6 is 11.3 Å². The molecule has 0 saturated carbocycles. The summed E-state index contributed by atoms with van der Waals surface area (Å²) < 4.78 is 5.18. The normalized spacial score (nSPS) is 10.8. The first-order chi connectivity index (χ1) is 8.74. The third kappa shape index (κ3) is 2.93. The summed E-state index contributed by atoms with van der Waals surface area (Å²) in [6.45, 7) is 3.34. The van der Waals surface area contributed by atoms with Gasteiger partial charge in [-0.3, -0.25) is 4.98 Å². The lowest BCUT2D eigenvalue weighted by Gasteiger charge is -1.98. The summed E-state index contributed by atoms with van der Waals surface area (Å²) in [5.74, 6) is 0. The van der Waals surface area contributed by atoms with Crippen LogP contribution in [-0.2, 0) is 17.9 Å². The number of ether oxygens (including phenoxy) is 1. The minimum atomic E-state index is 0.541. The number of nitrogens with one attached hydrogen (secondary N) is 1. The first-order valence-corrected chi connectivity index (χ1v) is 6.62.